The summed E-state index contributed by atoms with van der Waals surface area (Å²) in [6, 6.07) is 11.6. The average Bonchev–Trinajstić information content (AvgIpc) is 2.69. The highest BCUT2D eigenvalue weighted by atomic mass is 35.5. The molecule has 146 valence electrons. The first-order valence-corrected chi connectivity index (χ1v) is 9.32. The number of methoxy groups -OCH3 is 1. The minimum Gasteiger partial charge on any atom is -0.497 e. The van der Waals surface area contributed by atoms with E-state index in [-0.39, 0.29) is 17.4 Å². The number of hydrogen-bond acceptors (Lipinski definition) is 4. The molecule has 0 bridgehead atoms. The second-order valence-electron chi connectivity index (χ2n) is 6.51. The second kappa shape index (κ2) is 8.57. The van der Waals surface area contributed by atoms with E-state index >= 15 is 0 Å². The van der Waals surface area contributed by atoms with E-state index in [2.05, 4.69) is 0 Å². The molecule has 0 saturated carbocycles. The highest BCUT2D eigenvalue weighted by molar-refractivity contribution is 6.30. The number of ether oxygens (including phenoxy) is 2. The number of esters is 1. The Morgan fingerprint density at radius 1 is 1.21 bits per heavy atom. The minimum atomic E-state index is -0.983. The molecule has 0 heterocycles. The van der Waals surface area contributed by atoms with Gasteiger partial charge in [0.25, 0.3) is 0 Å². The van der Waals surface area contributed by atoms with Crippen LogP contribution in [0.15, 0.2) is 48.5 Å². The maximum absolute atomic E-state index is 13.6. The van der Waals surface area contributed by atoms with Crippen LogP contribution in [0.3, 0.4) is 0 Å². The van der Waals surface area contributed by atoms with E-state index in [0.717, 1.165) is 11.1 Å². The monoisotopic (exact) mass is 402 g/mol. The third kappa shape index (κ3) is 4.09. The van der Waals surface area contributed by atoms with Gasteiger partial charge in [0, 0.05) is 5.92 Å². The van der Waals surface area contributed by atoms with Crippen molar-refractivity contribution in [2.75, 3.05) is 13.7 Å². The summed E-state index contributed by atoms with van der Waals surface area (Å²) in [6.07, 6.45) is 1.91. The van der Waals surface area contributed by atoms with Crippen LogP contribution in [0.4, 0.5) is 4.39 Å². The van der Waals surface area contributed by atoms with E-state index in [1.54, 1.807) is 20.1 Å². The fourth-order valence-corrected chi connectivity index (χ4v) is 3.63. The average molecular weight is 403 g/mol. The zero-order valence-corrected chi connectivity index (χ0v) is 16.3. The molecule has 1 aliphatic carbocycles. The van der Waals surface area contributed by atoms with Gasteiger partial charge in [-0.15, -0.1) is 0 Å². The van der Waals surface area contributed by atoms with Crippen LogP contribution in [-0.2, 0) is 14.3 Å². The Labute approximate surface area is 167 Å². The molecule has 6 heteroatoms. The number of carbonyl (C=O) groups is 2. The molecule has 3 rings (SSSR count). The smallest absolute Gasteiger partial charge is 0.317 e. The van der Waals surface area contributed by atoms with Gasteiger partial charge in [0.15, 0.2) is 5.78 Å². The summed E-state index contributed by atoms with van der Waals surface area (Å²) in [7, 11) is 1.58. The van der Waals surface area contributed by atoms with Crippen LogP contribution >= 0.6 is 11.6 Å². The topological polar surface area (TPSA) is 52.6 Å². The summed E-state index contributed by atoms with van der Waals surface area (Å²) >= 11 is 5.94. The van der Waals surface area contributed by atoms with E-state index in [4.69, 9.17) is 21.1 Å². The van der Waals surface area contributed by atoms with Crippen LogP contribution in [0.25, 0.3) is 5.57 Å². The third-order valence-electron chi connectivity index (χ3n) is 4.84. The maximum atomic E-state index is 13.6. The predicted octanol–water partition coefficient (Wildman–Crippen LogP) is 4.81. The van der Waals surface area contributed by atoms with Crippen molar-refractivity contribution in [1.29, 1.82) is 0 Å². The molecular formula is C22H20ClFO4. The Balaban J connectivity index is 2.02. The van der Waals surface area contributed by atoms with Crippen LogP contribution in [-0.4, -0.2) is 25.5 Å². The Morgan fingerprint density at radius 3 is 2.54 bits per heavy atom. The molecule has 0 N–H and O–H groups in total. The van der Waals surface area contributed by atoms with Crippen molar-refractivity contribution in [2.45, 2.75) is 19.3 Å². The van der Waals surface area contributed by atoms with Gasteiger partial charge in [0.2, 0.25) is 0 Å². The number of rotatable bonds is 5. The van der Waals surface area contributed by atoms with Gasteiger partial charge < -0.3 is 9.47 Å². The van der Waals surface area contributed by atoms with E-state index in [9.17, 15) is 14.0 Å². The van der Waals surface area contributed by atoms with Crippen LogP contribution < -0.4 is 4.74 Å². The lowest BCUT2D eigenvalue weighted by Gasteiger charge is -2.29. The first-order chi connectivity index (χ1) is 13.4. The third-order valence-corrected chi connectivity index (χ3v) is 5.13. The molecule has 2 unspecified atom stereocenters. The Hall–Kier alpha value is -2.66. The van der Waals surface area contributed by atoms with Crippen molar-refractivity contribution in [2.24, 2.45) is 5.92 Å². The summed E-state index contributed by atoms with van der Waals surface area (Å²) in [5.41, 5.74) is 2.27. The molecule has 2 atom stereocenters. The Bertz CT molecular complexity index is 921. The van der Waals surface area contributed by atoms with Crippen molar-refractivity contribution < 1.29 is 23.5 Å². The van der Waals surface area contributed by atoms with Gasteiger partial charge in [-0.25, -0.2) is 4.39 Å². The molecule has 2 aromatic carbocycles. The van der Waals surface area contributed by atoms with Crippen LogP contribution in [0.5, 0.6) is 5.75 Å². The lowest BCUT2D eigenvalue weighted by atomic mass is 9.73. The van der Waals surface area contributed by atoms with Crippen molar-refractivity contribution in [3.63, 3.8) is 0 Å². The molecule has 0 aromatic heterocycles. The van der Waals surface area contributed by atoms with E-state index < -0.39 is 23.6 Å². The fraction of sp³-hybridized carbons (Fsp3) is 0.273. The lowest BCUT2D eigenvalue weighted by molar-refractivity contribution is -0.151. The molecule has 0 fully saturated rings. The van der Waals surface area contributed by atoms with Gasteiger partial charge in [0.05, 0.1) is 18.7 Å². The Morgan fingerprint density at radius 2 is 1.93 bits per heavy atom. The molecule has 0 radical (unpaired) electrons. The van der Waals surface area contributed by atoms with Gasteiger partial charge in [-0.2, -0.15) is 0 Å². The van der Waals surface area contributed by atoms with Gasteiger partial charge in [-0.3, -0.25) is 9.59 Å². The minimum absolute atomic E-state index is 0.0480. The molecule has 0 aliphatic heterocycles. The van der Waals surface area contributed by atoms with E-state index in [1.807, 2.05) is 24.3 Å². The molecule has 2 aromatic rings. The quantitative estimate of drug-likeness (QED) is 0.532. The number of allylic oxidation sites excluding steroid dienone is 2. The SMILES string of the molecule is CCOC(=O)C1C(=O)C=C(c2ccc(OC)cc2)CC1c1ccc(F)c(Cl)c1. The molecule has 0 spiro atoms. The van der Waals surface area contributed by atoms with Gasteiger partial charge in [-0.05, 0) is 60.4 Å². The van der Waals surface area contributed by atoms with Crippen molar-refractivity contribution >= 4 is 28.9 Å². The zero-order valence-electron chi connectivity index (χ0n) is 15.6. The molecule has 0 saturated heterocycles. The Kier molecular flexibility index (Phi) is 6.15. The summed E-state index contributed by atoms with van der Waals surface area (Å²) in [5, 5.41) is -0.0480. The summed E-state index contributed by atoms with van der Waals surface area (Å²) in [4.78, 5) is 25.3. The van der Waals surface area contributed by atoms with Crippen LogP contribution in [0.2, 0.25) is 5.02 Å². The largest absolute Gasteiger partial charge is 0.497 e. The highest BCUT2D eigenvalue weighted by Gasteiger charge is 2.40. The fourth-order valence-electron chi connectivity index (χ4n) is 3.45. The second-order valence-corrected chi connectivity index (χ2v) is 6.92. The number of hydrogen-bond donors (Lipinski definition) is 0. The normalized spacial score (nSPS) is 19.1. The molecule has 28 heavy (non-hydrogen) atoms. The van der Waals surface area contributed by atoms with Crippen molar-refractivity contribution in [3.05, 3.63) is 70.5 Å². The molecular weight excluding hydrogens is 383 g/mol. The molecule has 1 aliphatic rings. The predicted molar refractivity (Wildman–Crippen MR) is 105 cm³/mol. The van der Waals surface area contributed by atoms with Crippen molar-refractivity contribution in [3.8, 4) is 5.75 Å². The van der Waals surface area contributed by atoms with E-state index in [0.29, 0.717) is 17.7 Å². The lowest BCUT2D eigenvalue weighted by Crippen LogP contribution is -2.34. The number of halogens is 2. The van der Waals surface area contributed by atoms with Gasteiger partial charge >= 0.3 is 5.97 Å². The maximum Gasteiger partial charge on any atom is 0.317 e. The van der Waals surface area contributed by atoms with Crippen molar-refractivity contribution in [1.82, 2.24) is 0 Å². The summed E-state index contributed by atoms with van der Waals surface area (Å²) < 4.78 is 23.9. The summed E-state index contributed by atoms with van der Waals surface area (Å²) in [5.74, 6) is -2.23. The first-order valence-electron chi connectivity index (χ1n) is 8.95. The number of carbonyl (C=O) groups excluding carboxylic acids is 2. The highest BCUT2D eigenvalue weighted by Crippen LogP contribution is 2.41. The van der Waals surface area contributed by atoms with Crippen LogP contribution in [0.1, 0.15) is 30.4 Å². The number of ketones is 1. The van der Waals surface area contributed by atoms with Gasteiger partial charge in [0.1, 0.15) is 17.5 Å². The number of benzene rings is 2. The van der Waals surface area contributed by atoms with E-state index in [1.165, 1.54) is 18.2 Å². The zero-order chi connectivity index (χ0) is 20.3. The standard InChI is InChI=1S/C22H20ClFO4/c1-3-28-22(26)21-17(14-6-9-19(24)18(23)11-14)10-15(12-20(21)25)13-4-7-16(27-2)8-5-13/h4-9,11-12,17,21H,3,10H2,1-2H3. The first kappa shape index (κ1) is 20.1. The van der Waals surface area contributed by atoms with Gasteiger partial charge in [-0.1, -0.05) is 29.8 Å². The van der Waals surface area contributed by atoms with Crippen LogP contribution in [0, 0.1) is 11.7 Å². The molecule has 0 amide bonds. The summed E-state index contributed by atoms with van der Waals surface area (Å²) in [6.45, 7) is 1.86. The molecule has 4 nitrogen and oxygen atoms in total.